The number of aliphatic hydroxyl groups is 1. The molecule has 2 nitrogen and oxygen atoms in total. The Labute approximate surface area is 136 Å². The topological polar surface area (TPSA) is 37.3 Å². The van der Waals surface area contributed by atoms with Gasteiger partial charge in [-0.3, -0.25) is 4.79 Å². The lowest BCUT2D eigenvalue weighted by Gasteiger charge is -2.11. The van der Waals surface area contributed by atoms with E-state index in [1.807, 2.05) is 55.5 Å². The Hall–Kier alpha value is -1.90. The molecule has 0 aromatic heterocycles. The summed E-state index contributed by atoms with van der Waals surface area (Å²) >= 11 is 5.89. The molecule has 1 N–H and O–H groups in total. The van der Waals surface area contributed by atoms with Crippen LogP contribution in [0.3, 0.4) is 0 Å². The number of ketones is 1. The summed E-state index contributed by atoms with van der Waals surface area (Å²) in [5.41, 5.74) is 2.36. The van der Waals surface area contributed by atoms with Gasteiger partial charge in [-0.2, -0.15) is 0 Å². The van der Waals surface area contributed by atoms with Gasteiger partial charge in [0, 0.05) is 17.0 Å². The van der Waals surface area contributed by atoms with Crippen LogP contribution in [0.1, 0.15) is 30.9 Å². The second-order valence-electron chi connectivity index (χ2n) is 5.16. The van der Waals surface area contributed by atoms with E-state index < -0.39 is 6.10 Å². The van der Waals surface area contributed by atoms with Gasteiger partial charge in [0.2, 0.25) is 0 Å². The van der Waals surface area contributed by atoms with Crippen LogP contribution in [0.15, 0.2) is 54.6 Å². The van der Waals surface area contributed by atoms with Gasteiger partial charge in [0.05, 0.1) is 6.10 Å². The molecule has 1 atom stereocenters. The maximum Gasteiger partial charge on any atom is 0.166 e. The molecule has 1 unspecified atom stereocenters. The van der Waals surface area contributed by atoms with E-state index in [4.69, 9.17) is 11.6 Å². The summed E-state index contributed by atoms with van der Waals surface area (Å²) in [6.07, 6.45) is 1.93. The number of halogens is 1. The smallest absolute Gasteiger partial charge is 0.166 e. The molecule has 0 saturated heterocycles. The minimum atomic E-state index is -0.607. The van der Waals surface area contributed by atoms with Gasteiger partial charge in [-0.15, -0.1) is 0 Å². The molecule has 0 aliphatic carbocycles. The zero-order valence-electron chi connectivity index (χ0n) is 12.5. The summed E-state index contributed by atoms with van der Waals surface area (Å²) in [6.45, 7) is 1.86. The number of hydrogen-bond donors (Lipinski definition) is 1. The molecule has 2 aromatic rings. The highest BCUT2D eigenvalue weighted by Crippen LogP contribution is 2.22. The minimum Gasteiger partial charge on any atom is -0.393 e. The van der Waals surface area contributed by atoms with Crippen molar-refractivity contribution in [2.75, 3.05) is 0 Å². The minimum absolute atomic E-state index is 0.0597. The third-order valence-corrected chi connectivity index (χ3v) is 3.71. The van der Waals surface area contributed by atoms with Crippen molar-refractivity contribution < 1.29 is 9.90 Å². The van der Waals surface area contributed by atoms with Gasteiger partial charge in [0.1, 0.15) is 0 Å². The van der Waals surface area contributed by atoms with Crippen molar-refractivity contribution in [2.24, 2.45) is 0 Å². The average molecular weight is 315 g/mol. The number of hydrogen-bond acceptors (Lipinski definition) is 2. The first-order valence-corrected chi connectivity index (χ1v) is 7.72. The first-order valence-electron chi connectivity index (χ1n) is 7.34. The van der Waals surface area contributed by atoms with Gasteiger partial charge in [-0.05, 0) is 35.8 Å². The predicted octanol–water partition coefficient (Wildman–Crippen LogP) is 4.61. The third-order valence-electron chi connectivity index (χ3n) is 3.46. The fourth-order valence-electron chi connectivity index (χ4n) is 2.14. The van der Waals surface area contributed by atoms with Crippen LogP contribution in [-0.4, -0.2) is 17.0 Å². The van der Waals surface area contributed by atoms with E-state index >= 15 is 0 Å². The maximum absolute atomic E-state index is 12.5. The van der Waals surface area contributed by atoms with Gasteiger partial charge < -0.3 is 5.11 Å². The van der Waals surface area contributed by atoms with Crippen LogP contribution in [0, 0.1) is 0 Å². The van der Waals surface area contributed by atoms with Crippen LogP contribution < -0.4 is 0 Å². The summed E-state index contributed by atoms with van der Waals surface area (Å²) < 4.78 is 0. The maximum atomic E-state index is 12.5. The quantitative estimate of drug-likeness (QED) is 0.624. The van der Waals surface area contributed by atoms with E-state index in [2.05, 4.69) is 0 Å². The highest BCUT2D eigenvalue weighted by molar-refractivity contribution is 6.30. The van der Waals surface area contributed by atoms with E-state index in [-0.39, 0.29) is 12.2 Å². The zero-order chi connectivity index (χ0) is 15.9. The summed E-state index contributed by atoms with van der Waals surface area (Å²) in [4.78, 5) is 12.5. The Balaban J connectivity index is 2.37. The Morgan fingerprint density at radius 1 is 1.14 bits per heavy atom. The molecule has 0 spiro atoms. The Bertz CT molecular complexity index is 645. The number of benzene rings is 2. The fraction of sp³-hybridized carbons (Fsp3) is 0.211. The lowest BCUT2D eigenvalue weighted by Crippen LogP contribution is -2.13. The van der Waals surface area contributed by atoms with E-state index in [1.54, 1.807) is 12.1 Å². The van der Waals surface area contributed by atoms with E-state index in [0.717, 1.165) is 11.1 Å². The van der Waals surface area contributed by atoms with E-state index in [1.165, 1.54) is 0 Å². The molecule has 114 valence electrons. The number of carbonyl (C=O) groups is 1. The van der Waals surface area contributed by atoms with Crippen molar-refractivity contribution in [1.82, 2.24) is 0 Å². The number of allylic oxidation sites excluding steroid dienone is 1. The molecule has 22 heavy (non-hydrogen) atoms. The first-order chi connectivity index (χ1) is 10.6. The first kappa shape index (κ1) is 16.5. The normalized spacial score (nSPS) is 13.0. The molecular formula is C19H19ClO2. The zero-order valence-corrected chi connectivity index (χ0v) is 13.3. The summed E-state index contributed by atoms with van der Waals surface area (Å²) in [6, 6.07) is 16.8. The molecule has 2 rings (SSSR count). The van der Waals surface area contributed by atoms with Crippen LogP contribution in [-0.2, 0) is 4.79 Å². The molecule has 0 aliphatic heterocycles. The van der Waals surface area contributed by atoms with E-state index in [0.29, 0.717) is 17.0 Å². The lowest BCUT2D eigenvalue weighted by atomic mass is 9.95. The lowest BCUT2D eigenvalue weighted by molar-refractivity contribution is -0.115. The Kier molecular flexibility index (Phi) is 5.93. The molecule has 0 heterocycles. The van der Waals surface area contributed by atoms with Crippen LogP contribution >= 0.6 is 11.6 Å². The SMILES string of the molecule is CCC(O)CC(=O)/C(=C/c1ccc(Cl)cc1)c1ccccc1. The predicted molar refractivity (Wildman–Crippen MR) is 91.7 cm³/mol. The Morgan fingerprint density at radius 3 is 2.36 bits per heavy atom. The van der Waals surface area contributed by atoms with Gasteiger partial charge in [0.25, 0.3) is 0 Å². The number of aliphatic hydroxyl groups excluding tert-OH is 1. The number of carbonyl (C=O) groups excluding carboxylic acids is 1. The van der Waals surface area contributed by atoms with Crippen LogP contribution in [0.2, 0.25) is 5.02 Å². The number of Topliss-reactive ketones (excluding diaryl/α,β-unsaturated/α-hetero) is 1. The van der Waals surface area contributed by atoms with Crippen LogP contribution in [0.25, 0.3) is 11.6 Å². The second-order valence-corrected chi connectivity index (χ2v) is 5.60. The molecule has 0 radical (unpaired) electrons. The van der Waals surface area contributed by atoms with Gasteiger partial charge >= 0.3 is 0 Å². The molecule has 0 saturated carbocycles. The molecule has 0 bridgehead atoms. The van der Waals surface area contributed by atoms with E-state index in [9.17, 15) is 9.90 Å². The third kappa shape index (κ3) is 4.55. The van der Waals surface area contributed by atoms with Crippen LogP contribution in [0.5, 0.6) is 0 Å². The standard InChI is InChI=1S/C19H19ClO2/c1-2-17(21)13-19(22)18(15-6-4-3-5-7-15)12-14-8-10-16(20)11-9-14/h3-12,17,21H,2,13H2,1H3/b18-12+. The summed E-state index contributed by atoms with van der Waals surface area (Å²) in [7, 11) is 0. The Morgan fingerprint density at radius 2 is 1.77 bits per heavy atom. The average Bonchev–Trinajstić information content (AvgIpc) is 2.54. The van der Waals surface area contributed by atoms with Crippen molar-refractivity contribution in [3.8, 4) is 0 Å². The van der Waals surface area contributed by atoms with Crippen molar-refractivity contribution in [3.63, 3.8) is 0 Å². The highest BCUT2D eigenvalue weighted by Gasteiger charge is 2.15. The van der Waals surface area contributed by atoms with Crippen molar-refractivity contribution >= 4 is 29.0 Å². The van der Waals surface area contributed by atoms with Crippen molar-refractivity contribution in [3.05, 3.63) is 70.7 Å². The second kappa shape index (κ2) is 7.92. The molecule has 2 aromatic carbocycles. The molecule has 0 aliphatic rings. The van der Waals surface area contributed by atoms with Crippen molar-refractivity contribution in [1.29, 1.82) is 0 Å². The van der Waals surface area contributed by atoms with Gasteiger partial charge in [0.15, 0.2) is 5.78 Å². The van der Waals surface area contributed by atoms with Gasteiger partial charge in [-0.1, -0.05) is 61.0 Å². The molecule has 0 amide bonds. The summed E-state index contributed by atoms with van der Waals surface area (Å²) in [5.74, 6) is -0.0597. The van der Waals surface area contributed by atoms with Crippen LogP contribution in [0.4, 0.5) is 0 Å². The molecule has 0 fully saturated rings. The molecular weight excluding hydrogens is 296 g/mol. The monoisotopic (exact) mass is 314 g/mol. The van der Waals surface area contributed by atoms with Crippen molar-refractivity contribution in [2.45, 2.75) is 25.9 Å². The molecule has 3 heteroatoms. The van der Waals surface area contributed by atoms with Gasteiger partial charge in [-0.25, -0.2) is 0 Å². The fourth-order valence-corrected chi connectivity index (χ4v) is 2.26. The summed E-state index contributed by atoms with van der Waals surface area (Å²) in [5, 5.41) is 10.4. The largest absolute Gasteiger partial charge is 0.393 e. The highest BCUT2D eigenvalue weighted by atomic mass is 35.5. The number of rotatable bonds is 6.